The molecule has 2 aromatic rings. The van der Waals surface area contributed by atoms with E-state index in [4.69, 9.17) is 12.2 Å². The Hall–Kier alpha value is -1.80. The summed E-state index contributed by atoms with van der Waals surface area (Å²) in [5, 5.41) is 1.61. The van der Waals surface area contributed by atoms with Crippen molar-refractivity contribution in [2.24, 2.45) is 0 Å². The summed E-state index contributed by atoms with van der Waals surface area (Å²) in [4.78, 5) is 12.2. The largest absolute Gasteiger partial charge is 0.294 e. The lowest BCUT2D eigenvalue weighted by Crippen LogP contribution is -2.01. The Morgan fingerprint density at radius 3 is 2.20 bits per heavy atom. The van der Waals surface area contributed by atoms with Crippen molar-refractivity contribution in [1.82, 2.24) is 0 Å². The molecule has 0 radical (unpaired) electrons. The average molecular weight is 282 g/mol. The van der Waals surface area contributed by atoms with Crippen molar-refractivity contribution in [3.05, 3.63) is 70.3 Å². The van der Waals surface area contributed by atoms with Gasteiger partial charge in [-0.05, 0) is 31.4 Å². The SMILES string of the molecule is Cc1cc(C)cc(CCC(=O)c2ccc(C=S)cc2)c1. The molecule has 0 N–H and O–H groups in total. The van der Waals surface area contributed by atoms with Crippen LogP contribution in [0.4, 0.5) is 0 Å². The summed E-state index contributed by atoms with van der Waals surface area (Å²) in [5.74, 6) is 0.181. The van der Waals surface area contributed by atoms with Crippen molar-refractivity contribution < 1.29 is 4.79 Å². The highest BCUT2D eigenvalue weighted by molar-refractivity contribution is 7.79. The van der Waals surface area contributed by atoms with Crippen LogP contribution in [-0.2, 0) is 6.42 Å². The van der Waals surface area contributed by atoms with Crippen molar-refractivity contribution >= 4 is 23.4 Å². The Morgan fingerprint density at radius 2 is 1.65 bits per heavy atom. The zero-order chi connectivity index (χ0) is 14.5. The quantitative estimate of drug-likeness (QED) is 0.594. The van der Waals surface area contributed by atoms with E-state index in [9.17, 15) is 4.79 Å². The van der Waals surface area contributed by atoms with E-state index in [1.54, 1.807) is 5.37 Å². The topological polar surface area (TPSA) is 17.1 Å². The molecule has 0 aromatic heterocycles. The normalized spacial score (nSPS) is 10.3. The molecule has 102 valence electrons. The second-order valence-corrected chi connectivity index (χ2v) is 5.39. The molecule has 20 heavy (non-hydrogen) atoms. The predicted octanol–water partition coefficient (Wildman–Crippen LogP) is 4.47. The first-order valence-corrected chi connectivity index (χ1v) is 7.21. The Bertz CT molecular complexity index is 606. The molecule has 1 nitrogen and oxygen atoms in total. The minimum Gasteiger partial charge on any atom is -0.294 e. The lowest BCUT2D eigenvalue weighted by Gasteiger charge is -2.05. The smallest absolute Gasteiger partial charge is 0.163 e. The van der Waals surface area contributed by atoms with Crippen molar-refractivity contribution in [2.45, 2.75) is 26.7 Å². The van der Waals surface area contributed by atoms with E-state index in [0.29, 0.717) is 6.42 Å². The van der Waals surface area contributed by atoms with E-state index in [-0.39, 0.29) is 5.78 Å². The van der Waals surface area contributed by atoms with Gasteiger partial charge in [-0.1, -0.05) is 65.8 Å². The summed E-state index contributed by atoms with van der Waals surface area (Å²) in [5.41, 5.74) is 5.45. The number of Topliss-reactive ketones (excluding diaryl/α,β-unsaturated/α-hetero) is 1. The third-order valence-electron chi connectivity index (χ3n) is 3.29. The fourth-order valence-electron chi connectivity index (χ4n) is 2.36. The Labute approximate surface area is 125 Å². The number of thiocarbonyl (C=S) groups is 1. The van der Waals surface area contributed by atoms with Gasteiger partial charge in [0.15, 0.2) is 5.78 Å². The third-order valence-corrected chi connectivity index (χ3v) is 3.56. The number of carbonyl (C=O) groups is 1. The first kappa shape index (κ1) is 14.6. The summed E-state index contributed by atoms with van der Waals surface area (Å²) in [6, 6.07) is 13.9. The molecule has 0 aliphatic rings. The van der Waals surface area contributed by atoms with Gasteiger partial charge in [-0.3, -0.25) is 4.79 Å². The minimum atomic E-state index is 0.181. The number of benzene rings is 2. The van der Waals surface area contributed by atoms with Crippen LogP contribution in [0, 0.1) is 13.8 Å². The lowest BCUT2D eigenvalue weighted by atomic mass is 9.99. The molecule has 2 rings (SSSR count). The number of aryl methyl sites for hydroxylation is 3. The summed E-state index contributed by atoms with van der Waals surface area (Å²) < 4.78 is 0. The predicted molar refractivity (Wildman–Crippen MR) is 87.8 cm³/mol. The molecule has 0 atom stereocenters. The number of hydrogen-bond acceptors (Lipinski definition) is 2. The van der Waals surface area contributed by atoms with E-state index in [0.717, 1.165) is 17.5 Å². The molecular weight excluding hydrogens is 264 g/mol. The monoisotopic (exact) mass is 282 g/mol. The number of ketones is 1. The molecule has 0 aliphatic heterocycles. The molecule has 0 saturated heterocycles. The molecule has 0 aliphatic carbocycles. The molecule has 2 heteroatoms. The summed E-state index contributed by atoms with van der Waals surface area (Å²) in [7, 11) is 0. The number of rotatable bonds is 5. The van der Waals surface area contributed by atoms with Gasteiger partial charge in [0.1, 0.15) is 0 Å². The standard InChI is InChI=1S/C18H18OS/c1-13-9-14(2)11-16(10-13)5-8-18(19)17-6-3-15(12-20)4-7-17/h3-4,6-7,9-12H,5,8H2,1-2H3. The molecule has 0 bridgehead atoms. The first-order valence-electron chi connectivity index (χ1n) is 6.74. The number of hydrogen-bond donors (Lipinski definition) is 0. The van der Waals surface area contributed by atoms with Gasteiger partial charge in [0, 0.05) is 17.4 Å². The molecule has 0 fully saturated rings. The van der Waals surface area contributed by atoms with Crippen LogP contribution in [0.25, 0.3) is 0 Å². The summed E-state index contributed by atoms with van der Waals surface area (Å²) in [6.07, 6.45) is 1.33. The van der Waals surface area contributed by atoms with E-state index in [1.165, 1.54) is 16.7 Å². The van der Waals surface area contributed by atoms with E-state index < -0.39 is 0 Å². The van der Waals surface area contributed by atoms with Gasteiger partial charge < -0.3 is 0 Å². The highest BCUT2D eigenvalue weighted by atomic mass is 32.1. The number of carbonyl (C=O) groups excluding carboxylic acids is 1. The molecular formula is C18H18OS. The highest BCUT2D eigenvalue weighted by Gasteiger charge is 2.06. The van der Waals surface area contributed by atoms with Crippen LogP contribution in [-0.4, -0.2) is 11.2 Å². The van der Waals surface area contributed by atoms with Gasteiger partial charge in [0.2, 0.25) is 0 Å². The van der Waals surface area contributed by atoms with Crippen LogP contribution in [0.2, 0.25) is 0 Å². The van der Waals surface area contributed by atoms with Crippen molar-refractivity contribution in [3.8, 4) is 0 Å². The second kappa shape index (κ2) is 6.58. The van der Waals surface area contributed by atoms with E-state index in [2.05, 4.69) is 32.0 Å². The van der Waals surface area contributed by atoms with Crippen molar-refractivity contribution in [1.29, 1.82) is 0 Å². The average Bonchev–Trinajstić information content (AvgIpc) is 2.44. The van der Waals surface area contributed by atoms with Gasteiger partial charge in [0.05, 0.1) is 0 Å². The Balaban J connectivity index is 2.02. The Kier molecular flexibility index (Phi) is 4.80. The first-order chi connectivity index (χ1) is 9.58. The van der Waals surface area contributed by atoms with Crippen LogP contribution in [0.15, 0.2) is 42.5 Å². The maximum atomic E-state index is 12.2. The van der Waals surface area contributed by atoms with Gasteiger partial charge in [0.25, 0.3) is 0 Å². The van der Waals surface area contributed by atoms with E-state index >= 15 is 0 Å². The van der Waals surface area contributed by atoms with Crippen LogP contribution in [0.3, 0.4) is 0 Å². The van der Waals surface area contributed by atoms with Crippen LogP contribution in [0.5, 0.6) is 0 Å². The van der Waals surface area contributed by atoms with Crippen molar-refractivity contribution in [2.75, 3.05) is 0 Å². The van der Waals surface area contributed by atoms with Crippen LogP contribution < -0.4 is 0 Å². The third kappa shape index (κ3) is 3.84. The summed E-state index contributed by atoms with van der Waals surface area (Å²) in [6.45, 7) is 4.17. The molecule has 0 saturated carbocycles. The highest BCUT2D eigenvalue weighted by Crippen LogP contribution is 2.13. The maximum absolute atomic E-state index is 12.2. The van der Waals surface area contributed by atoms with E-state index in [1.807, 2.05) is 24.3 Å². The molecule has 0 amide bonds. The zero-order valence-electron chi connectivity index (χ0n) is 11.8. The van der Waals surface area contributed by atoms with Crippen molar-refractivity contribution in [3.63, 3.8) is 0 Å². The van der Waals surface area contributed by atoms with Gasteiger partial charge in [-0.15, -0.1) is 0 Å². The summed E-state index contributed by atoms with van der Waals surface area (Å²) >= 11 is 4.86. The van der Waals surface area contributed by atoms with Crippen LogP contribution in [0.1, 0.15) is 39.0 Å². The molecule has 0 unspecified atom stereocenters. The Morgan fingerprint density at radius 1 is 1.05 bits per heavy atom. The lowest BCUT2D eigenvalue weighted by molar-refractivity contribution is 0.0983. The fourth-order valence-corrected chi connectivity index (χ4v) is 2.52. The molecule has 0 heterocycles. The van der Waals surface area contributed by atoms with Gasteiger partial charge >= 0.3 is 0 Å². The molecule has 2 aromatic carbocycles. The minimum absolute atomic E-state index is 0.181. The van der Waals surface area contributed by atoms with Crippen LogP contribution >= 0.6 is 12.2 Å². The van der Waals surface area contributed by atoms with Gasteiger partial charge in [-0.25, -0.2) is 0 Å². The molecule has 0 spiro atoms. The fraction of sp³-hybridized carbons (Fsp3) is 0.222. The maximum Gasteiger partial charge on any atom is 0.163 e. The second-order valence-electron chi connectivity index (χ2n) is 5.16. The van der Waals surface area contributed by atoms with Gasteiger partial charge in [-0.2, -0.15) is 0 Å². The zero-order valence-corrected chi connectivity index (χ0v) is 12.7.